The summed E-state index contributed by atoms with van der Waals surface area (Å²) in [6, 6.07) is 9.77. The molecule has 1 aromatic carbocycles. The molecule has 0 unspecified atom stereocenters. The van der Waals surface area contributed by atoms with Crippen LogP contribution in [0.15, 0.2) is 36.4 Å². The number of rotatable bonds is 5. The normalized spacial score (nSPS) is 33.6. The second-order valence-electron chi connectivity index (χ2n) is 8.96. The van der Waals surface area contributed by atoms with E-state index in [1.807, 2.05) is 30.3 Å². The summed E-state index contributed by atoms with van der Waals surface area (Å²) < 4.78 is 6.07. The molecule has 2 saturated carbocycles. The van der Waals surface area contributed by atoms with E-state index in [0.29, 0.717) is 11.8 Å². The molecule has 0 aliphatic heterocycles. The van der Waals surface area contributed by atoms with Crippen molar-refractivity contribution in [3.05, 3.63) is 42.0 Å². The average molecular weight is 369 g/mol. The quantitative estimate of drug-likeness (QED) is 0.402. The minimum Gasteiger partial charge on any atom is -0.459 e. The van der Waals surface area contributed by atoms with E-state index in [-0.39, 0.29) is 29.3 Å². The van der Waals surface area contributed by atoms with Gasteiger partial charge in [0.25, 0.3) is 0 Å². The predicted octanol–water partition coefficient (Wildman–Crippen LogP) is 5.30. The van der Waals surface area contributed by atoms with Crippen molar-refractivity contribution >= 4 is 18.3 Å². The van der Waals surface area contributed by atoms with Crippen LogP contribution in [0.25, 0.3) is 6.08 Å². The molecule has 0 radical (unpaired) electrons. The summed E-state index contributed by atoms with van der Waals surface area (Å²) in [7, 11) is 0. The predicted molar refractivity (Wildman–Crippen MR) is 108 cm³/mol. The third kappa shape index (κ3) is 4.34. The summed E-state index contributed by atoms with van der Waals surface area (Å²) in [5.41, 5.74) is 1.08. The Morgan fingerprint density at radius 1 is 1.19 bits per heavy atom. The number of hydrogen-bond acceptors (Lipinski definition) is 3. The molecule has 2 aliphatic carbocycles. The molecule has 3 heteroatoms. The Morgan fingerprint density at radius 3 is 2.59 bits per heavy atom. The molecule has 3 nitrogen and oxygen atoms in total. The molecule has 0 saturated heterocycles. The maximum Gasteiger partial charge on any atom is 0.331 e. The first-order valence-electron chi connectivity index (χ1n) is 10.3. The van der Waals surface area contributed by atoms with Crippen LogP contribution in [0.2, 0.25) is 0 Å². The number of carbonyl (C=O) groups is 2. The van der Waals surface area contributed by atoms with Gasteiger partial charge in [-0.25, -0.2) is 4.79 Å². The molecule has 1 aromatic rings. The third-order valence-corrected chi connectivity index (χ3v) is 6.87. The first-order valence-corrected chi connectivity index (χ1v) is 10.3. The Hall–Kier alpha value is -1.90. The van der Waals surface area contributed by atoms with E-state index in [0.717, 1.165) is 44.0 Å². The van der Waals surface area contributed by atoms with E-state index in [4.69, 9.17) is 4.74 Å². The number of ether oxygens (including phenoxy) is 1. The number of aldehydes is 1. The molecule has 0 aromatic heterocycles. The van der Waals surface area contributed by atoms with Gasteiger partial charge in [0.15, 0.2) is 0 Å². The number of carbonyl (C=O) groups excluding carboxylic acids is 2. The van der Waals surface area contributed by atoms with Crippen LogP contribution in [0.5, 0.6) is 0 Å². The molecule has 5 atom stereocenters. The Morgan fingerprint density at radius 2 is 1.93 bits per heavy atom. The number of hydrogen-bond donors (Lipinski definition) is 0. The van der Waals surface area contributed by atoms with E-state index in [2.05, 4.69) is 20.8 Å². The Kier molecular flexibility index (Phi) is 6.18. The van der Waals surface area contributed by atoms with Crippen molar-refractivity contribution in [3.8, 4) is 0 Å². The van der Waals surface area contributed by atoms with E-state index < -0.39 is 0 Å². The molecule has 146 valence electrons. The van der Waals surface area contributed by atoms with Crippen LogP contribution in [0, 0.1) is 29.1 Å². The molecular formula is C24H32O3. The number of benzene rings is 1. The minimum atomic E-state index is -0.297. The lowest BCUT2D eigenvalue weighted by molar-refractivity contribution is -0.172. The fourth-order valence-corrected chi connectivity index (χ4v) is 5.39. The fraction of sp³-hybridized carbons (Fsp3) is 0.583. The monoisotopic (exact) mass is 368 g/mol. The van der Waals surface area contributed by atoms with Gasteiger partial charge < -0.3 is 9.53 Å². The molecule has 0 bridgehead atoms. The van der Waals surface area contributed by atoms with Gasteiger partial charge in [0.05, 0.1) is 0 Å². The summed E-state index contributed by atoms with van der Waals surface area (Å²) in [6.45, 7) is 6.70. The van der Waals surface area contributed by atoms with Crippen LogP contribution >= 0.6 is 0 Å². The smallest absolute Gasteiger partial charge is 0.331 e. The van der Waals surface area contributed by atoms with Crippen molar-refractivity contribution in [2.75, 3.05) is 0 Å². The van der Waals surface area contributed by atoms with Gasteiger partial charge in [-0.15, -0.1) is 0 Å². The lowest BCUT2D eigenvalue weighted by Gasteiger charge is -2.54. The highest BCUT2D eigenvalue weighted by Crippen LogP contribution is 2.55. The van der Waals surface area contributed by atoms with Crippen LogP contribution in [0.3, 0.4) is 0 Å². The van der Waals surface area contributed by atoms with Gasteiger partial charge in [-0.1, -0.05) is 57.5 Å². The van der Waals surface area contributed by atoms with Crippen molar-refractivity contribution < 1.29 is 14.3 Å². The van der Waals surface area contributed by atoms with Crippen molar-refractivity contribution in [1.82, 2.24) is 0 Å². The first kappa shape index (κ1) is 19.9. The molecule has 0 spiro atoms. The maximum absolute atomic E-state index is 12.6. The SMILES string of the molecule is CC(C)[C@@H]1CC[C@@]2(C)CCC[C@H](C=O)[C@@H]2[C@@H]1OC(=O)C=Cc1ccccc1. The number of esters is 1. The molecule has 0 amide bonds. The van der Waals surface area contributed by atoms with Crippen molar-refractivity contribution in [1.29, 1.82) is 0 Å². The topological polar surface area (TPSA) is 43.4 Å². The molecule has 3 rings (SSSR count). The fourth-order valence-electron chi connectivity index (χ4n) is 5.39. The average Bonchev–Trinajstić information content (AvgIpc) is 2.66. The van der Waals surface area contributed by atoms with Gasteiger partial charge >= 0.3 is 5.97 Å². The molecule has 0 heterocycles. The summed E-state index contributed by atoms with van der Waals surface area (Å²) in [5.74, 6) is 0.589. The van der Waals surface area contributed by atoms with E-state index in [1.165, 1.54) is 6.08 Å². The Labute approximate surface area is 163 Å². The standard InChI is InChI=1S/C24H32O3/c1-17(2)20-13-15-24(3)14-7-10-19(16-25)22(24)23(20)27-21(26)12-11-18-8-5-4-6-9-18/h4-6,8-9,11-12,16-17,19-20,22-23H,7,10,13-15H2,1-3H3/t19-,20+,22-,23-,24-/m1/s1. The zero-order valence-electron chi connectivity index (χ0n) is 16.8. The molecule has 0 N–H and O–H groups in total. The van der Waals surface area contributed by atoms with E-state index in [1.54, 1.807) is 6.08 Å². The summed E-state index contributed by atoms with van der Waals surface area (Å²) in [5, 5.41) is 0. The highest BCUT2D eigenvalue weighted by molar-refractivity contribution is 5.87. The van der Waals surface area contributed by atoms with Gasteiger partial charge in [0.1, 0.15) is 12.4 Å². The van der Waals surface area contributed by atoms with E-state index in [9.17, 15) is 9.59 Å². The highest BCUT2D eigenvalue weighted by atomic mass is 16.5. The molecule has 2 aliphatic rings. The van der Waals surface area contributed by atoms with Gasteiger partial charge in [-0.05, 0) is 54.6 Å². The molecule has 27 heavy (non-hydrogen) atoms. The highest BCUT2D eigenvalue weighted by Gasteiger charge is 2.53. The van der Waals surface area contributed by atoms with Gasteiger partial charge in [0.2, 0.25) is 0 Å². The summed E-state index contributed by atoms with van der Waals surface area (Å²) in [4.78, 5) is 24.5. The van der Waals surface area contributed by atoms with Crippen molar-refractivity contribution in [3.63, 3.8) is 0 Å². The molecule has 2 fully saturated rings. The Bertz CT molecular complexity index is 678. The van der Waals surface area contributed by atoms with Crippen molar-refractivity contribution in [2.24, 2.45) is 29.1 Å². The minimum absolute atomic E-state index is 0.00111. The lowest BCUT2D eigenvalue weighted by Crippen LogP contribution is -2.53. The number of fused-ring (bicyclic) bond motifs is 1. The maximum atomic E-state index is 12.6. The molecular weight excluding hydrogens is 336 g/mol. The second-order valence-corrected chi connectivity index (χ2v) is 8.96. The van der Waals surface area contributed by atoms with Gasteiger partial charge in [-0.3, -0.25) is 0 Å². The zero-order chi connectivity index (χ0) is 19.4. The van der Waals surface area contributed by atoms with Crippen LogP contribution in [-0.4, -0.2) is 18.4 Å². The lowest BCUT2D eigenvalue weighted by atomic mass is 9.52. The summed E-state index contributed by atoms with van der Waals surface area (Å²) >= 11 is 0. The van der Waals surface area contributed by atoms with Gasteiger partial charge in [0, 0.05) is 17.9 Å². The third-order valence-electron chi connectivity index (χ3n) is 6.87. The Balaban J connectivity index is 1.82. The largest absolute Gasteiger partial charge is 0.459 e. The van der Waals surface area contributed by atoms with Crippen LogP contribution in [-0.2, 0) is 14.3 Å². The second kappa shape index (κ2) is 8.41. The van der Waals surface area contributed by atoms with E-state index >= 15 is 0 Å². The zero-order valence-corrected chi connectivity index (χ0v) is 16.8. The van der Waals surface area contributed by atoms with Crippen LogP contribution < -0.4 is 0 Å². The van der Waals surface area contributed by atoms with Gasteiger partial charge in [-0.2, -0.15) is 0 Å². The van der Waals surface area contributed by atoms with Crippen LogP contribution in [0.4, 0.5) is 0 Å². The van der Waals surface area contributed by atoms with Crippen LogP contribution in [0.1, 0.15) is 58.4 Å². The first-order chi connectivity index (χ1) is 12.9. The summed E-state index contributed by atoms with van der Waals surface area (Å²) in [6.07, 6.45) is 9.60. The van der Waals surface area contributed by atoms with Crippen molar-refractivity contribution in [2.45, 2.75) is 59.0 Å².